The summed E-state index contributed by atoms with van der Waals surface area (Å²) in [5.74, 6) is -3.42. The van der Waals surface area contributed by atoms with Crippen LogP contribution in [-0.4, -0.2) is 57.4 Å². The highest BCUT2D eigenvalue weighted by Crippen LogP contribution is 2.53. The summed E-state index contributed by atoms with van der Waals surface area (Å²) in [7, 11) is 0. The Hall–Kier alpha value is -4.16. The minimum Gasteiger partial charge on any atom is -0.344 e. The summed E-state index contributed by atoms with van der Waals surface area (Å²) in [4.78, 5) is 54.8. The van der Waals surface area contributed by atoms with Gasteiger partial charge < -0.3 is 20.9 Å². The number of rotatable bonds is 13. The first-order valence-electron chi connectivity index (χ1n) is 16.6. The molecule has 3 aliphatic rings. The molecule has 0 bridgehead atoms. The molecule has 2 saturated carbocycles. The van der Waals surface area contributed by atoms with Crippen molar-refractivity contribution in [1.82, 2.24) is 20.0 Å². The molecule has 3 fully saturated rings. The summed E-state index contributed by atoms with van der Waals surface area (Å²) >= 11 is 0. The predicted molar refractivity (Wildman–Crippen MR) is 170 cm³/mol. The van der Waals surface area contributed by atoms with Gasteiger partial charge in [0.1, 0.15) is 23.6 Å². The number of hydrogen-bond acceptors (Lipinski definition) is 5. The molecule has 47 heavy (non-hydrogen) atoms. The van der Waals surface area contributed by atoms with E-state index in [9.17, 15) is 28.0 Å². The molecular formula is C34H43F3N6O4. The number of amides is 4. The van der Waals surface area contributed by atoms with Crippen molar-refractivity contribution >= 4 is 35.1 Å². The standard InChI is InChI=1S/C34H43F3N6O4/c1-4-27(44)41-30(34(47)42-16-13-22(14-17-42)31(36)37)19(3)23-10-11-25(24(35)18-23)39-32(45)29(28(20-6-7-20)21-8-9-21)33(46)40-26-12-15-38-43(26)5-2/h10-12,15,18-21,28-30H,4-9,13-14,16-17H2,1-3H3,(H,39,45)(H,40,46)(H,41,44)/t19-,29-,30+/m0/s1. The number of hydrogen-bond donors (Lipinski definition) is 3. The Morgan fingerprint density at radius 3 is 2.15 bits per heavy atom. The van der Waals surface area contributed by atoms with Gasteiger partial charge in [-0.3, -0.25) is 19.2 Å². The molecule has 3 atom stereocenters. The third-order valence-corrected chi connectivity index (χ3v) is 9.68. The van der Waals surface area contributed by atoms with Gasteiger partial charge in [-0.15, -0.1) is 0 Å². The maximum absolute atomic E-state index is 15.7. The van der Waals surface area contributed by atoms with Crippen LogP contribution in [0.5, 0.6) is 0 Å². The highest BCUT2D eigenvalue weighted by atomic mass is 19.3. The van der Waals surface area contributed by atoms with Crippen LogP contribution in [0.15, 0.2) is 42.1 Å². The molecular weight excluding hydrogens is 613 g/mol. The highest BCUT2D eigenvalue weighted by molar-refractivity contribution is 6.11. The molecule has 3 N–H and O–H groups in total. The van der Waals surface area contributed by atoms with Gasteiger partial charge >= 0.3 is 0 Å². The average molecular weight is 657 g/mol. The topological polar surface area (TPSA) is 125 Å². The number of likely N-dealkylation sites (tertiary alicyclic amines) is 1. The minimum atomic E-state index is -1.73. The van der Waals surface area contributed by atoms with Crippen molar-refractivity contribution in [2.75, 3.05) is 23.7 Å². The Bertz CT molecular complexity index is 1510. The molecule has 10 nitrogen and oxygen atoms in total. The molecule has 1 saturated heterocycles. The van der Waals surface area contributed by atoms with Crippen LogP contribution in [0.2, 0.25) is 0 Å². The molecule has 1 aromatic carbocycles. The average Bonchev–Trinajstić information content (AvgIpc) is 4.01. The van der Waals surface area contributed by atoms with E-state index >= 15 is 4.39 Å². The molecule has 4 amide bonds. The van der Waals surface area contributed by atoms with E-state index in [1.807, 2.05) is 6.92 Å². The number of aromatic nitrogens is 2. The van der Waals surface area contributed by atoms with E-state index in [1.54, 1.807) is 36.9 Å². The molecule has 13 heteroatoms. The lowest BCUT2D eigenvalue weighted by Crippen LogP contribution is -2.52. The zero-order chi connectivity index (χ0) is 33.8. The van der Waals surface area contributed by atoms with Gasteiger partial charge in [0.15, 0.2) is 0 Å². The minimum absolute atomic E-state index is 0.0174. The fraction of sp³-hybridized carbons (Fsp3) is 0.559. The summed E-state index contributed by atoms with van der Waals surface area (Å²) < 4.78 is 43.4. The Labute approximate surface area is 272 Å². The van der Waals surface area contributed by atoms with E-state index in [2.05, 4.69) is 21.0 Å². The normalized spacial score (nSPS) is 18.4. The highest BCUT2D eigenvalue weighted by Gasteiger charge is 2.50. The Morgan fingerprint density at radius 2 is 1.60 bits per heavy atom. The van der Waals surface area contributed by atoms with Crippen molar-refractivity contribution in [3.05, 3.63) is 53.5 Å². The Kier molecular flexibility index (Phi) is 10.7. The Morgan fingerprint density at radius 1 is 0.957 bits per heavy atom. The van der Waals surface area contributed by atoms with E-state index < -0.39 is 47.5 Å². The first-order valence-corrected chi connectivity index (χ1v) is 16.6. The van der Waals surface area contributed by atoms with Crippen LogP contribution in [0.3, 0.4) is 0 Å². The number of benzene rings is 1. The number of carbonyl (C=O) groups excluding carboxylic acids is 4. The van der Waals surface area contributed by atoms with Crippen molar-refractivity contribution < 1.29 is 32.3 Å². The van der Waals surface area contributed by atoms with Crippen molar-refractivity contribution in [2.45, 2.75) is 84.2 Å². The van der Waals surface area contributed by atoms with Gasteiger partial charge in [-0.2, -0.15) is 13.9 Å². The number of piperidine rings is 1. The summed E-state index contributed by atoms with van der Waals surface area (Å²) in [6, 6.07) is 4.80. The zero-order valence-electron chi connectivity index (χ0n) is 27.0. The van der Waals surface area contributed by atoms with Gasteiger partial charge in [0.2, 0.25) is 23.6 Å². The largest absolute Gasteiger partial charge is 0.344 e. The number of nitrogens with zero attached hydrogens (tertiary/aromatic N) is 3. The lowest BCUT2D eigenvalue weighted by Gasteiger charge is -2.34. The van der Waals surface area contributed by atoms with Crippen molar-refractivity contribution in [3.63, 3.8) is 0 Å². The van der Waals surface area contributed by atoms with E-state index in [0.717, 1.165) is 25.7 Å². The second kappa shape index (κ2) is 14.7. The SMILES string of the molecule is CCC(=O)N[C@@H](C(=O)N1CCC(=C(F)F)CC1)[C@@H](C)c1ccc(NC(=O)[C@@H](C(=O)Nc2ccnn2CC)C(C2CC2)C2CC2)c(F)c1. The van der Waals surface area contributed by atoms with Gasteiger partial charge in [0.05, 0.1) is 11.9 Å². The molecule has 5 rings (SSSR count). The fourth-order valence-corrected chi connectivity index (χ4v) is 6.63. The number of halogens is 3. The first kappa shape index (κ1) is 34.2. The lowest BCUT2D eigenvalue weighted by atomic mass is 9.82. The number of carbonyl (C=O) groups is 4. The van der Waals surface area contributed by atoms with Gasteiger partial charge in [-0.05, 0) is 86.5 Å². The van der Waals surface area contributed by atoms with Gasteiger partial charge in [0.25, 0.3) is 6.08 Å². The second-order valence-electron chi connectivity index (χ2n) is 12.9. The van der Waals surface area contributed by atoms with Crippen molar-refractivity contribution in [3.8, 4) is 0 Å². The van der Waals surface area contributed by atoms with Gasteiger partial charge in [0, 0.05) is 38.0 Å². The molecule has 0 radical (unpaired) electrons. The molecule has 2 aromatic rings. The fourth-order valence-electron chi connectivity index (χ4n) is 6.63. The number of anilines is 2. The molecule has 2 aliphatic carbocycles. The maximum atomic E-state index is 15.7. The van der Waals surface area contributed by atoms with E-state index in [1.165, 1.54) is 17.0 Å². The molecule has 0 unspecified atom stereocenters. The zero-order valence-corrected chi connectivity index (χ0v) is 27.0. The van der Waals surface area contributed by atoms with Crippen molar-refractivity contribution in [1.29, 1.82) is 0 Å². The lowest BCUT2D eigenvalue weighted by molar-refractivity contribution is -0.137. The van der Waals surface area contributed by atoms with E-state index in [4.69, 9.17) is 0 Å². The summed E-state index contributed by atoms with van der Waals surface area (Å²) in [6.07, 6.45) is 3.84. The second-order valence-corrected chi connectivity index (χ2v) is 12.9. The first-order chi connectivity index (χ1) is 22.5. The quantitative estimate of drug-likeness (QED) is 0.248. The van der Waals surface area contributed by atoms with Crippen molar-refractivity contribution in [2.24, 2.45) is 23.7 Å². The third-order valence-electron chi connectivity index (χ3n) is 9.68. The van der Waals surface area contributed by atoms with E-state index in [0.29, 0.717) is 17.9 Å². The smallest absolute Gasteiger partial charge is 0.269 e. The molecule has 1 aliphatic heterocycles. The van der Waals surface area contributed by atoms with Gasteiger partial charge in [-0.25, -0.2) is 9.07 Å². The van der Waals surface area contributed by atoms with Crippen LogP contribution >= 0.6 is 0 Å². The van der Waals surface area contributed by atoms with Crippen LogP contribution in [0.25, 0.3) is 0 Å². The van der Waals surface area contributed by atoms with Crippen LogP contribution in [0.1, 0.15) is 77.2 Å². The van der Waals surface area contributed by atoms with Crippen LogP contribution in [-0.2, 0) is 25.7 Å². The maximum Gasteiger partial charge on any atom is 0.269 e. The van der Waals surface area contributed by atoms with Gasteiger partial charge in [-0.1, -0.05) is 19.9 Å². The van der Waals surface area contributed by atoms with Crippen LogP contribution in [0, 0.1) is 29.5 Å². The number of nitrogens with one attached hydrogen (secondary N) is 3. The molecule has 0 spiro atoms. The molecule has 254 valence electrons. The summed E-state index contributed by atoms with van der Waals surface area (Å²) in [5.41, 5.74) is 0.319. The molecule has 1 aromatic heterocycles. The summed E-state index contributed by atoms with van der Waals surface area (Å²) in [5, 5.41) is 12.4. The predicted octanol–water partition coefficient (Wildman–Crippen LogP) is 5.44. The summed E-state index contributed by atoms with van der Waals surface area (Å²) in [6.45, 7) is 5.93. The van der Waals surface area contributed by atoms with E-state index in [-0.39, 0.29) is 67.3 Å². The number of aryl methyl sites for hydroxylation is 1. The van der Waals surface area contributed by atoms with Crippen LogP contribution in [0.4, 0.5) is 24.7 Å². The monoisotopic (exact) mass is 656 g/mol. The third kappa shape index (κ3) is 8.05. The molecule has 2 heterocycles. The Balaban J connectivity index is 1.33. The van der Waals surface area contributed by atoms with Crippen LogP contribution < -0.4 is 16.0 Å².